The number of nitrogens with zero attached hydrogens (tertiary/aromatic N) is 4. The van der Waals surface area contributed by atoms with E-state index in [4.69, 9.17) is 10.1 Å². The van der Waals surface area contributed by atoms with Gasteiger partial charge < -0.3 is 15.0 Å². The fraction of sp³-hybridized carbons (Fsp3) is 0.400. The molecule has 0 spiro atoms. The summed E-state index contributed by atoms with van der Waals surface area (Å²) in [7, 11) is -3.35. The highest BCUT2D eigenvalue weighted by Crippen LogP contribution is 2.19. The van der Waals surface area contributed by atoms with Gasteiger partial charge in [0.1, 0.15) is 0 Å². The van der Waals surface area contributed by atoms with Gasteiger partial charge in [-0.1, -0.05) is 12.1 Å². The predicted molar refractivity (Wildman–Crippen MR) is 121 cm³/mol. The number of ether oxygens (including phenoxy) is 1. The number of rotatable bonds is 5. The van der Waals surface area contributed by atoms with Crippen LogP contribution in [-0.4, -0.2) is 69.0 Å². The zero-order valence-electron chi connectivity index (χ0n) is 17.8. The molecule has 2 heterocycles. The molecule has 3 N–H and O–H groups in total. The van der Waals surface area contributed by atoms with Crippen LogP contribution in [0.1, 0.15) is 26.3 Å². The summed E-state index contributed by atoms with van der Waals surface area (Å²) < 4.78 is 30.5. The zero-order chi connectivity index (χ0) is 22.6. The van der Waals surface area contributed by atoms with Crippen molar-refractivity contribution in [2.45, 2.75) is 30.9 Å². The summed E-state index contributed by atoms with van der Waals surface area (Å²) in [6, 6.07) is 6.91. The molecular formula is C20H27N7O3S. The van der Waals surface area contributed by atoms with Crippen LogP contribution in [0.5, 0.6) is 0 Å². The topological polar surface area (TPSA) is 132 Å². The molecule has 11 heteroatoms. The molecular weight excluding hydrogens is 418 g/mol. The van der Waals surface area contributed by atoms with Crippen LogP contribution in [0.25, 0.3) is 0 Å². The quantitative estimate of drug-likeness (QED) is 0.463. The summed E-state index contributed by atoms with van der Waals surface area (Å²) in [5, 5.41) is 15.1. The summed E-state index contributed by atoms with van der Waals surface area (Å²) >= 11 is 0. The number of benzene rings is 1. The van der Waals surface area contributed by atoms with Crippen molar-refractivity contribution in [1.29, 1.82) is 5.41 Å². The van der Waals surface area contributed by atoms with Crippen LogP contribution in [0, 0.1) is 5.41 Å². The molecule has 2 aliphatic rings. The van der Waals surface area contributed by atoms with Crippen LogP contribution >= 0.6 is 0 Å². The number of hydrogen-bond acceptors (Lipinski definition) is 9. The molecule has 0 amide bonds. The Bertz CT molecular complexity index is 1050. The molecule has 0 unspecified atom stereocenters. The fourth-order valence-electron chi connectivity index (χ4n) is 3.00. The van der Waals surface area contributed by atoms with Gasteiger partial charge in [-0.25, -0.2) is 23.8 Å². The standard InChI is InChI=1S/C20H27N7O3S/c1-13(2)31(28,29)16-7-5-15(6-8-16)14(3)24-17(18(21)22-4)19-25-26-20(30-19)27-11-9-23-10-12-27/h5-8,13,21,23,25H,4,9-12H2,1-3H3. The van der Waals surface area contributed by atoms with Crippen LogP contribution in [-0.2, 0) is 14.6 Å². The van der Waals surface area contributed by atoms with Gasteiger partial charge in [0.15, 0.2) is 21.4 Å². The van der Waals surface area contributed by atoms with E-state index in [-0.39, 0.29) is 22.3 Å². The Kier molecular flexibility index (Phi) is 6.86. The van der Waals surface area contributed by atoms with E-state index in [2.05, 4.69) is 32.5 Å². The van der Waals surface area contributed by atoms with Gasteiger partial charge in [-0.2, -0.15) is 0 Å². The highest BCUT2D eigenvalue weighted by molar-refractivity contribution is 7.92. The first-order chi connectivity index (χ1) is 14.7. The third-order valence-electron chi connectivity index (χ3n) is 4.93. The van der Waals surface area contributed by atoms with E-state index in [1.54, 1.807) is 45.0 Å². The van der Waals surface area contributed by atoms with E-state index in [1.165, 1.54) is 0 Å². The Labute approximate surface area is 182 Å². The fourth-order valence-corrected chi connectivity index (χ4v) is 4.06. The molecule has 10 nitrogen and oxygen atoms in total. The number of piperazine rings is 1. The molecule has 0 aromatic heterocycles. The molecule has 1 saturated heterocycles. The number of aliphatic imine (C=N–C) groups is 2. The van der Waals surface area contributed by atoms with Crippen LogP contribution in [0.4, 0.5) is 0 Å². The average Bonchev–Trinajstić information content (AvgIpc) is 3.27. The Morgan fingerprint density at radius 2 is 1.90 bits per heavy atom. The molecule has 0 bridgehead atoms. The third kappa shape index (κ3) is 5.00. The maximum Gasteiger partial charge on any atom is 0.316 e. The molecule has 0 radical (unpaired) electrons. The van der Waals surface area contributed by atoms with Crippen molar-refractivity contribution in [2.24, 2.45) is 15.1 Å². The molecule has 1 aromatic carbocycles. The van der Waals surface area contributed by atoms with E-state index in [0.29, 0.717) is 17.3 Å². The Hall–Kier alpha value is -3.05. The SMILES string of the molecule is C=NC(=N)C(N=C(C)c1ccc(S(=O)(=O)C(C)C)cc1)=C1NN=C(N2CCNCC2)O1. The lowest BCUT2D eigenvalue weighted by Gasteiger charge is -2.26. The van der Waals surface area contributed by atoms with Crippen molar-refractivity contribution in [1.82, 2.24) is 15.6 Å². The largest absolute Gasteiger partial charge is 0.404 e. The van der Waals surface area contributed by atoms with E-state index in [9.17, 15) is 8.42 Å². The number of nitrogens with one attached hydrogen (secondary N) is 3. The molecule has 0 aliphatic carbocycles. The summed E-state index contributed by atoms with van der Waals surface area (Å²) in [6.45, 7) is 11.6. The van der Waals surface area contributed by atoms with Crippen molar-refractivity contribution in [3.8, 4) is 0 Å². The maximum absolute atomic E-state index is 12.3. The first-order valence-corrected chi connectivity index (χ1v) is 11.5. The molecule has 166 valence electrons. The molecule has 0 saturated carbocycles. The Balaban J connectivity index is 1.86. The van der Waals surface area contributed by atoms with Gasteiger partial charge in [0.25, 0.3) is 0 Å². The number of hydrazone groups is 1. The van der Waals surface area contributed by atoms with Crippen molar-refractivity contribution < 1.29 is 13.2 Å². The lowest BCUT2D eigenvalue weighted by Crippen LogP contribution is -2.46. The van der Waals surface area contributed by atoms with Crippen molar-refractivity contribution >= 4 is 34.1 Å². The van der Waals surface area contributed by atoms with Gasteiger partial charge in [-0.05, 0) is 45.2 Å². The van der Waals surface area contributed by atoms with Gasteiger partial charge in [0, 0.05) is 31.9 Å². The van der Waals surface area contributed by atoms with Crippen LogP contribution < -0.4 is 10.7 Å². The monoisotopic (exact) mass is 445 g/mol. The predicted octanol–water partition coefficient (Wildman–Crippen LogP) is 1.32. The molecule has 3 rings (SSSR count). The second-order valence-electron chi connectivity index (χ2n) is 7.35. The minimum absolute atomic E-state index is 0.153. The average molecular weight is 446 g/mol. The summed E-state index contributed by atoms with van der Waals surface area (Å²) in [5.74, 6) is 0.0295. The molecule has 1 aromatic rings. The van der Waals surface area contributed by atoms with Crippen LogP contribution in [0.3, 0.4) is 0 Å². The second-order valence-corrected chi connectivity index (χ2v) is 9.85. The summed E-state index contributed by atoms with van der Waals surface area (Å²) in [5.41, 5.74) is 4.21. The van der Waals surface area contributed by atoms with Gasteiger partial charge in [0.05, 0.1) is 10.1 Å². The molecule has 0 atom stereocenters. The van der Waals surface area contributed by atoms with Crippen LogP contribution in [0.2, 0.25) is 0 Å². The molecule has 2 aliphatic heterocycles. The normalized spacial score (nSPS) is 18.9. The third-order valence-corrected chi connectivity index (χ3v) is 7.10. The lowest BCUT2D eigenvalue weighted by molar-refractivity contribution is 0.276. The molecule has 1 fully saturated rings. The number of amidine groups is 2. The van der Waals surface area contributed by atoms with Crippen LogP contribution in [0.15, 0.2) is 55.8 Å². The maximum atomic E-state index is 12.3. The highest BCUT2D eigenvalue weighted by atomic mass is 32.2. The zero-order valence-corrected chi connectivity index (χ0v) is 18.7. The molecule has 31 heavy (non-hydrogen) atoms. The Morgan fingerprint density at radius 1 is 1.26 bits per heavy atom. The van der Waals surface area contributed by atoms with Gasteiger partial charge in [-0.15, -0.1) is 5.10 Å². The van der Waals surface area contributed by atoms with Gasteiger partial charge >= 0.3 is 6.02 Å². The van der Waals surface area contributed by atoms with E-state index >= 15 is 0 Å². The number of hydrogen-bond donors (Lipinski definition) is 3. The minimum Gasteiger partial charge on any atom is -0.404 e. The smallest absolute Gasteiger partial charge is 0.316 e. The van der Waals surface area contributed by atoms with Crippen molar-refractivity contribution in [2.75, 3.05) is 26.2 Å². The van der Waals surface area contributed by atoms with Crippen molar-refractivity contribution in [3.63, 3.8) is 0 Å². The second kappa shape index (κ2) is 9.40. The van der Waals surface area contributed by atoms with E-state index in [1.807, 2.05) is 4.90 Å². The van der Waals surface area contributed by atoms with E-state index < -0.39 is 15.1 Å². The lowest BCUT2D eigenvalue weighted by atomic mass is 10.1. The minimum atomic E-state index is -3.35. The van der Waals surface area contributed by atoms with Crippen molar-refractivity contribution in [3.05, 3.63) is 41.4 Å². The number of sulfone groups is 1. The van der Waals surface area contributed by atoms with Gasteiger partial charge in [0.2, 0.25) is 5.88 Å². The first-order valence-electron chi connectivity index (χ1n) is 9.90. The van der Waals surface area contributed by atoms with Gasteiger partial charge in [-0.3, -0.25) is 5.41 Å². The summed E-state index contributed by atoms with van der Waals surface area (Å²) in [6.07, 6.45) is 0. The first kappa shape index (κ1) is 22.6. The van der Waals surface area contributed by atoms with E-state index in [0.717, 1.165) is 26.2 Å². The highest BCUT2D eigenvalue weighted by Gasteiger charge is 2.26. The Morgan fingerprint density at radius 3 is 2.48 bits per heavy atom. The summed E-state index contributed by atoms with van der Waals surface area (Å²) in [4.78, 5) is 10.4.